The maximum Gasteiger partial charge on any atom is 0.109 e. The maximum atomic E-state index is 10.1. The molecule has 342 valence electrons. The number of likely N-dealkylation sites (tertiary alicyclic amines) is 1. The molecular weight excluding hydrogens is 774 g/mol. The van der Waals surface area contributed by atoms with E-state index in [1.807, 2.05) is 0 Å². The molecule has 25 nitrogen and oxygen atoms in total. The average Bonchev–Trinajstić information content (AvgIpc) is 3.47. The molecule has 0 aromatic heterocycles. The monoisotopic (exact) mass is 843 g/mol. The average molecular weight is 844 g/mol. The normalized spacial score (nSPS) is 34.9. The number of aliphatic hydroxyl groups excluding tert-OH is 20. The third-order valence-electron chi connectivity index (χ3n) is 10.7. The van der Waals surface area contributed by atoms with Crippen LogP contribution in [0, 0.1) is 0 Å². The maximum absolute atomic E-state index is 10.1. The standard InChI is InChI=1S/C13H28N2O8.C10H22N2O6.C9H19NO6/c16-2-7(3-17)15(8(4-18)5-19)1-9-11(21)13(23)12(22)10(6-20)14-9;13-2-5(3-14)11-1-6-8(16)10(18)9(17)7(4-15)12-6;11-1-5(2-12)10-6(3-13)8(15)9(16)7(10)4-14/h7-14,16-23H,1-6H2;5-18H,1-4H2;5-9,11-16H,1-4H2/t9-,10-,11+,12-,13-;6-,7-,8+,9-,10-;6-,7-,8-,9-/m111/s1. The van der Waals surface area contributed by atoms with Crippen molar-refractivity contribution in [2.24, 2.45) is 0 Å². The van der Waals surface area contributed by atoms with E-state index in [9.17, 15) is 66.4 Å². The highest BCUT2D eigenvalue weighted by atomic mass is 16.4. The first kappa shape index (κ1) is 54.0. The molecule has 3 heterocycles. The number of nitrogens with zero attached hydrogens (tertiary/aromatic N) is 2. The van der Waals surface area contributed by atoms with Gasteiger partial charge < -0.3 is 118 Å². The van der Waals surface area contributed by atoms with Crippen molar-refractivity contribution >= 4 is 0 Å². The summed E-state index contributed by atoms with van der Waals surface area (Å²) in [6.07, 6.45) is -10.4. The van der Waals surface area contributed by atoms with E-state index in [4.69, 9.17) is 35.7 Å². The fourth-order valence-electron chi connectivity index (χ4n) is 7.05. The van der Waals surface area contributed by atoms with E-state index < -0.39 is 155 Å². The number of hydrogen-bond acceptors (Lipinski definition) is 25. The van der Waals surface area contributed by atoms with Crippen molar-refractivity contribution in [2.75, 3.05) is 92.4 Å². The van der Waals surface area contributed by atoms with Crippen molar-refractivity contribution in [3.8, 4) is 0 Å². The van der Waals surface area contributed by atoms with E-state index in [1.54, 1.807) is 0 Å². The second-order valence-electron chi connectivity index (χ2n) is 14.2. The Labute approximate surface area is 329 Å². The molecule has 25 heteroatoms. The van der Waals surface area contributed by atoms with E-state index in [0.717, 1.165) is 0 Å². The SMILES string of the molecule is OCC(CO)N(C[C@H]1N[C@H](CO)[C@@H](O)[C@H](O)[C@H]1O)C(CO)CO.OCC(CO)N1[C@H](CO)[C@@H](O)[C@H](O)[C@H]1CO.OCC(CO)NC[C@H]1N[C@H](CO)[C@@H](O)[C@H](O)[C@H]1O. The van der Waals surface area contributed by atoms with Crippen LogP contribution in [0.25, 0.3) is 0 Å². The largest absolute Gasteiger partial charge is 0.395 e. The molecule has 0 spiro atoms. The molecule has 3 saturated heterocycles. The van der Waals surface area contributed by atoms with Crippen LogP contribution in [0.5, 0.6) is 0 Å². The van der Waals surface area contributed by atoms with Gasteiger partial charge in [-0.05, 0) is 0 Å². The van der Waals surface area contributed by atoms with Crippen molar-refractivity contribution in [3.63, 3.8) is 0 Å². The molecule has 3 rings (SSSR count). The van der Waals surface area contributed by atoms with Crippen molar-refractivity contribution in [1.82, 2.24) is 25.8 Å². The van der Waals surface area contributed by atoms with Crippen molar-refractivity contribution < 1.29 is 102 Å². The van der Waals surface area contributed by atoms with Gasteiger partial charge in [-0.3, -0.25) is 9.80 Å². The Hall–Kier alpha value is -1.00. The molecule has 0 unspecified atom stereocenters. The predicted molar refractivity (Wildman–Crippen MR) is 194 cm³/mol. The zero-order chi connectivity index (χ0) is 43.6. The van der Waals surface area contributed by atoms with Crippen LogP contribution in [-0.2, 0) is 0 Å². The first-order valence-corrected chi connectivity index (χ1v) is 18.6. The van der Waals surface area contributed by atoms with Crippen LogP contribution < -0.4 is 16.0 Å². The van der Waals surface area contributed by atoms with Crippen molar-refractivity contribution in [2.45, 2.75) is 109 Å². The van der Waals surface area contributed by atoms with Gasteiger partial charge in [-0.25, -0.2) is 0 Å². The summed E-state index contributed by atoms with van der Waals surface area (Å²) in [6.45, 7) is -4.60. The van der Waals surface area contributed by atoms with Crippen LogP contribution in [0.15, 0.2) is 0 Å². The highest BCUT2D eigenvalue weighted by Gasteiger charge is 2.49. The van der Waals surface area contributed by atoms with E-state index in [1.165, 1.54) is 9.80 Å². The van der Waals surface area contributed by atoms with Crippen LogP contribution in [0.2, 0.25) is 0 Å². The fourth-order valence-corrected chi connectivity index (χ4v) is 7.05. The van der Waals surface area contributed by atoms with Crippen molar-refractivity contribution in [1.29, 1.82) is 0 Å². The first-order valence-electron chi connectivity index (χ1n) is 18.6. The topological polar surface area (TPSA) is 447 Å². The Bertz CT molecular complexity index is 992. The van der Waals surface area contributed by atoms with Gasteiger partial charge in [0, 0.05) is 25.2 Å². The zero-order valence-electron chi connectivity index (χ0n) is 31.6. The summed E-state index contributed by atoms with van der Waals surface area (Å²) in [5, 5.41) is 196. The van der Waals surface area contributed by atoms with Gasteiger partial charge in [-0.15, -0.1) is 0 Å². The van der Waals surface area contributed by atoms with E-state index in [-0.39, 0.29) is 46.1 Å². The number of piperidine rings is 2. The molecule has 3 aliphatic heterocycles. The van der Waals surface area contributed by atoms with E-state index in [2.05, 4.69) is 16.0 Å². The lowest BCUT2D eigenvalue weighted by Gasteiger charge is -2.45. The van der Waals surface area contributed by atoms with Crippen LogP contribution in [0.3, 0.4) is 0 Å². The molecule has 3 fully saturated rings. The Morgan fingerprint density at radius 3 is 1.12 bits per heavy atom. The number of hydrogen-bond donors (Lipinski definition) is 23. The van der Waals surface area contributed by atoms with E-state index >= 15 is 0 Å². The lowest BCUT2D eigenvalue weighted by Crippen LogP contribution is -2.69. The Morgan fingerprint density at radius 1 is 0.421 bits per heavy atom. The molecular formula is C32H69N5O20. The third kappa shape index (κ3) is 14.3. The highest BCUT2D eigenvalue weighted by molar-refractivity contribution is 5.03. The van der Waals surface area contributed by atoms with Gasteiger partial charge in [-0.2, -0.15) is 0 Å². The Morgan fingerprint density at radius 2 is 0.789 bits per heavy atom. The number of nitrogens with one attached hydrogen (secondary N) is 3. The van der Waals surface area contributed by atoms with Crippen LogP contribution in [-0.4, -0.2) is 314 Å². The minimum absolute atomic E-state index is 0.0426. The molecule has 14 atom stereocenters. The quantitative estimate of drug-likeness (QED) is 0.0541. The summed E-state index contributed by atoms with van der Waals surface area (Å²) in [6, 6.07) is -7.40. The predicted octanol–water partition coefficient (Wildman–Crippen LogP) is -14.1. The van der Waals surface area contributed by atoms with Gasteiger partial charge in [0.2, 0.25) is 0 Å². The summed E-state index contributed by atoms with van der Waals surface area (Å²) in [5.41, 5.74) is 0. The summed E-state index contributed by atoms with van der Waals surface area (Å²) >= 11 is 0. The Kier molecular flexibility index (Phi) is 26.3. The molecule has 0 bridgehead atoms. The van der Waals surface area contributed by atoms with Gasteiger partial charge in [0.25, 0.3) is 0 Å². The minimum atomic E-state index is -1.48. The lowest BCUT2D eigenvalue weighted by atomic mass is 9.90. The second-order valence-corrected chi connectivity index (χ2v) is 14.2. The van der Waals surface area contributed by atoms with Crippen LogP contribution in [0.1, 0.15) is 0 Å². The van der Waals surface area contributed by atoms with Crippen LogP contribution >= 0.6 is 0 Å². The summed E-state index contributed by atoms with van der Waals surface area (Å²) in [7, 11) is 0. The molecule has 0 aliphatic carbocycles. The Balaban J connectivity index is 0.000000436. The first-order chi connectivity index (χ1) is 27.1. The smallest absolute Gasteiger partial charge is 0.109 e. The molecule has 0 saturated carbocycles. The van der Waals surface area contributed by atoms with Gasteiger partial charge in [0.1, 0.15) is 12.2 Å². The summed E-state index contributed by atoms with van der Waals surface area (Å²) in [5.74, 6) is 0. The molecule has 0 amide bonds. The van der Waals surface area contributed by atoms with Crippen LogP contribution in [0.4, 0.5) is 0 Å². The number of rotatable bonds is 20. The van der Waals surface area contributed by atoms with Gasteiger partial charge in [0.05, 0.1) is 164 Å². The third-order valence-corrected chi connectivity index (χ3v) is 10.7. The second kappa shape index (κ2) is 27.8. The molecule has 0 aromatic rings. The lowest BCUT2D eigenvalue weighted by molar-refractivity contribution is -0.127. The van der Waals surface area contributed by atoms with E-state index in [0.29, 0.717) is 0 Å². The molecule has 57 heavy (non-hydrogen) atoms. The summed E-state index contributed by atoms with van der Waals surface area (Å²) < 4.78 is 0. The molecule has 23 N–H and O–H groups in total. The fraction of sp³-hybridized carbons (Fsp3) is 1.00. The van der Waals surface area contributed by atoms with Gasteiger partial charge in [0.15, 0.2) is 0 Å². The van der Waals surface area contributed by atoms with Gasteiger partial charge in [-0.1, -0.05) is 0 Å². The number of aliphatic hydroxyl groups is 20. The zero-order valence-corrected chi connectivity index (χ0v) is 31.6. The molecule has 0 aromatic carbocycles. The molecule has 0 radical (unpaired) electrons. The highest BCUT2D eigenvalue weighted by Crippen LogP contribution is 2.27. The summed E-state index contributed by atoms with van der Waals surface area (Å²) in [4.78, 5) is 2.79. The minimum Gasteiger partial charge on any atom is -0.395 e. The van der Waals surface area contributed by atoms with Crippen molar-refractivity contribution in [3.05, 3.63) is 0 Å². The van der Waals surface area contributed by atoms with Gasteiger partial charge >= 0.3 is 0 Å². The molecule has 3 aliphatic rings.